The number of carbonyl (C=O) groups excluding carboxylic acids is 2. The summed E-state index contributed by atoms with van der Waals surface area (Å²) in [4.78, 5) is 40.5. The van der Waals surface area contributed by atoms with Crippen LogP contribution in [0.2, 0.25) is 0 Å². The average molecular weight is 548 g/mol. The Bertz CT molecular complexity index is 1620. The third kappa shape index (κ3) is 5.42. The quantitative estimate of drug-likeness (QED) is 0.0696. The number of nitro groups is 1. The first-order chi connectivity index (χ1) is 18.9. The molecule has 10 nitrogen and oxygen atoms in total. The second-order valence-corrected chi connectivity index (χ2v) is 10.0. The molecule has 0 aliphatic carbocycles. The van der Waals surface area contributed by atoms with E-state index in [-0.39, 0.29) is 16.5 Å². The smallest absolute Gasteiger partial charge is 0.332 e. The minimum Gasteiger partial charge on any atom is -0.348 e. The second kappa shape index (κ2) is 11.4. The number of Topliss-reactive ketones (excluding diaryl/α,β-unsaturated/α-hetero) is 1. The van der Waals surface area contributed by atoms with Crippen LogP contribution in [0.25, 0.3) is 27.5 Å². The van der Waals surface area contributed by atoms with Crippen molar-refractivity contribution in [1.29, 1.82) is 0 Å². The van der Waals surface area contributed by atoms with Crippen molar-refractivity contribution in [3.63, 3.8) is 0 Å². The van der Waals surface area contributed by atoms with Crippen molar-refractivity contribution in [1.82, 2.24) is 4.57 Å². The van der Waals surface area contributed by atoms with Crippen LogP contribution in [0.5, 0.6) is 0 Å². The summed E-state index contributed by atoms with van der Waals surface area (Å²) < 4.78 is 13.5. The zero-order valence-electron chi connectivity index (χ0n) is 21.3. The van der Waals surface area contributed by atoms with E-state index in [2.05, 4.69) is 5.16 Å². The van der Waals surface area contributed by atoms with Gasteiger partial charge in [-0.2, -0.15) is 0 Å². The lowest BCUT2D eigenvalue weighted by Gasteiger charge is -2.23. The molecule has 1 aliphatic heterocycles. The number of thioether (sulfide) groups is 1. The summed E-state index contributed by atoms with van der Waals surface area (Å²) in [6.45, 7) is 4.27. The Morgan fingerprint density at radius 3 is 2.49 bits per heavy atom. The summed E-state index contributed by atoms with van der Waals surface area (Å²) in [7, 11) is 0. The predicted molar refractivity (Wildman–Crippen MR) is 148 cm³/mol. The Labute approximate surface area is 227 Å². The molecule has 0 radical (unpaired) electrons. The number of ketones is 1. The van der Waals surface area contributed by atoms with Gasteiger partial charge in [0.2, 0.25) is 5.78 Å². The van der Waals surface area contributed by atoms with E-state index >= 15 is 0 Å². The van der Waals surface area contributed by atoms with Crippen LogP contribution in [0, 0.1) is 10.1 Å². The highest BCUT2D eigenvalue weighted by Crippen LogP contribution is 2.36. The fourth-order valence-corrected chi connectivity index (χ4v) is 5.14. The molecule has 0 spiro atoms. The SMILES string of the molecule is CCSC(=NOC(C)=O)C(=O)c1ccc2c(c1)c1cc(C3OCCCO3)ccc1n2-c1cccc([N+](=O)[O-])c1. The first kappa shape index (κ1) is 26.5. The average Bonchev–Trinajstić information content (AvgIpc) is 3.28. The van der Waals surface area contributed by atoms with Crippen molar-refractivity contribution in [2.75, 3.05) is 19.0 Å². The number of nitrogens with zero attached hydrogens (tertiary/aromatic N) is 3. The number of hydrogen-bond donors (Lipinski definition) is 0. The Morgan fingerprint density at radius 1 is 1.08 bits per heavy atom. The fourth-order valence-electron chi connectivity index (χ4n) is 4.53. The van der Waals surface area contributed by atoms with Gasteiger partial charge < -0.3 is 18.9 Å². The van der Waals surface area contributed by atoms with Gasteiger partial charge in [-0.05, 0) is 48.6 Å². The Morgan fingerprint density at radius 2 is 1.79 bits per heavy atom. The van der Waals surface area contributed by atoms with E-state index in [1.165, 1.54) is 30.8 Å². The molecule has 1 aliphatic rings. The number of benzene rings is 3. The van der Waals surface area contributed by atoms with Crippen LogP contribution in [0.1, 0.15) is 42.5 Å². The minimum absolute atomic E-state index is 0.0298. The number of carbonyl (C=O) groups is 2. The summed E-state index contributed by atoms with van der Waals surface area (Å²) >= 11 is 1.18. The van der Waals surface area contributed by atoms with Crippen molar-refractivity contribution in [3.05, 3.63) is 81.9 Å². The molecule has 0 bridgehead atoms. The fraction of sp³-hybridized carbons (Fsp3) is 0.250. The van der Waals surface area contributed by atoms with Gasteiger partial charge in [-0.25, -0.2) is 4.79 Å². The van der Waals surface area contributed by atoms with Gasteiger partial charge in [-0.3, -0.25) is 14.9 Å². The van der Waals surface area contributed by atoms with Gasteiger partial charge in [0.15, 0.2) is 11.3 Å². The number of nitro benzene ring substituents is 1. The summed E-state index contributed by atoms with van der Waals surface area (Å²) in [5.74, 6) is -0.436. The lowest BCUT2D eigenvalue weighted by molar-refractivity contribution is -0.384. The van der Waals surface area contributed by atoms with E-state index in [1.807, 2.05) is 29.7 Å². The van der Waals surface area contributed by atoms with Crippen molar-refractivity contribution >= 4 is 56.1 Å². The molecule has 39 heavy (non-hydrogen) atoms. The molecule has 11 heteroatoms. The van der Waals surface area contributed by atoms with Crippen LogP contribution in [-0.2, 0) is 19.1 Å². The maximum absolute atomic E-state index is 13.4. The normalized spacial score (nSPS) is 14.6. The molecule has 1 aromatic heterocycles. The van der Waals surface area contributed by atoms with Gasteiger partial charge in [0.25, 0.3) is 5.69 Å². The summed E-state index contributed by atoms with van der Waals surface area (Å²) in [6, 6.07) is 17.4. The number of aromatic nitrogens is 1. The molecule has 1 saturated heterocycles. The van der Waals surface area contributed by atoms with E-state index < -0.39 is 17.2 Å². The van der Waals surface area contributed by atoms with Gasteiger partial charge in [-0.15, -0.1) is 0 Å². The zero-order valence-corrected chi connectivity index (χ0v) is 22.1. The number of hydrogen-bond acceptors (Lipinski definition) is 9. The zero-order chi connectivity index (χ0) is 27.5. The first-order valence-electron chi connectivity index (χ1n) is 12.4. The molecule has 0 unspecified atom stereocenters. The lowest BCUT2D eigenvalue weighted by Crippen LogP contribution is -2.17. The van der Waals surface area contributed by atoms with Gasteiger partial charge in [0.05, 0.1) is 34.9 Å². The van der Waals surface area contributed by atoms with Crippen LogP contribution in [0.3, 0.4) is 0 Å². The van der Waals surface area contributed by atoms with E-state index in [0.717, 1.165) is 33.8 Å². The summed E-state index contributed by atoms with van der Waals surface area (Å²) in [5.41, 5.74) is 3.33. The second-order valence-electron chi connectivity index (χ2n) is 8.79. The highest BCUT2D eigenvalue weighted by atomic mass is 32.2. The molecule has 200 valence electrons. The third-order valence-electron chi connectivity index (χ3n) is 6.18. The van der Waals surface area contributed by atoms with Gasteiger partial charge in [0.1, 0.15) is 0 Å². The molecular weight excluding hydrogens is 522 g/mol. The molecule has 5 rings (SSSR count). The Hall–Kier alpha value is -4.06. The van der Waals surface area contributed by atoms with Crippen LogP contribution >= 0.6 is 11.8 Å². The van der Waals surface area contributed by atoms with Crippen molar-refractivity contribution in [2.24, 2.45) is 5.16 Å². The Kier molecular flexibility index (Phi) is 7.73. The van der Waals surface area contributed by atoms with Gasteiger partial charge in [0, 0.05) is 41.0 Å². The van der Waals surface area contributed by atoms with E-state index in [0.29, 0.717) is 30.2 Å². The van der Waals surface area contributed by atoms with Gasteiger partial charge in [-0.1, -0.05) is 36.0 Å². The molecule has 0 atom stereocenters. The molecule has 1 fully saturated rings. The molecule has 2 heterocycles. The summed E-state index contributed by atoms with van der Waals surface area (Å²) in [5, 5.41) is 16.9. The summed E-state index contributed by atoms with van der Waals surface area (Å²) in [6.07, 6.45) is 0.316. The third-order valence-corrected chi connectivity index (χ3v) is 7.00. The van der Waals surface area contributed by atoms with Crippen LogP contribution in [0.4, 0.5) is 5.69 Å². The number of ether oxygens (including phenoxy) is 2. The van der Waals surface area contributed by atoms with Crippen LogP contribution in [0.15, 0.2) is 65.8 Å². The number of fused-ring (bicyclic) bond motifs is 3. The van der Waals surface area contributed by atoms with E-state index in [9.17, 15) is 19.7 Å². The van der Waals surface area contributed by atoms with E-state index in [4.69, 9.17) is 14.3 Å². The molecule has 4 aromatic rings. The van der Waals surface area contributed by atoms with Crippen LogP contribution in [-0.4, -0.2) is 45.3 Å². The number of oxime groups is 1. The van der Waals surface area contributed by atoms with E-state index in [1.54, 1.807) is 30.3 Å². The monoisotopic (exact) mass is 547 g/mol. The van der Waals surface area contributed by atoms with Crippen molar-refractivity contribution in [3.8, 4) is 5.69 Å². The van der Waals surface area contributed by atoms with Crippen molar-refractivity contribution in [2.45, 2.75) is 26.6 Å². The largest absolute Gasteiger partial charge is 0.348 e. The number of non-ortho nitro benzene ring substituents is 1. The molecule has 0 N–H and O–H groups in total. The maximum atomic E-state index is 13.4. The molecule has 3 aromatic carbocycles. The van der Waals surface area contributed by atoms with Gasteiger partial charge >= 0.3 is 5.97 Å². The van der Waals surface area contributed by atoms with Crippen LogP contribution < -0.4 is 0 Å². The topological polar surface area (TPSA) is 122 Å². The maximum Gasteiger partial charge on any atom is 0.332 e. The molecule has 0 amide bonds. The highest BCUT2D eigenvalue weighted by Gasteiger charge is 2.22. The number of rotatable bonds is 7. The predicted octanol–water partition coefficient (Wildman–Crippen LogP) is 5.94. The van der Waals surface area contributed by atoms with Crippen molar-refractivity contribution < 1.29 is 28.8 Å². The lowest BCUT2D eigenvalue weighted by atomic mass is 10.0. The molecular formula is C28H25N3O7S. The Balaban J connectivity index is 1.70. The first-order valence-corrected chi connectivity index (χ1v) is 13.3. The molecule has 0 saturated carbocycles. The highest BCUT2D eigenvalue weighted by molar-refractivity contribution is 8.15. The minimum atomic E-state index is -0.618. The standard InChI is InChI=1S/C28H25N3O7S/c1-3-39-27(29-38-17(2)32)26(33)18-8-10-24-22(14-18)23-15-19(28-36-12-5-13-37-28)9-11-25(23)30(24)20-6-4-7-21(16-20)31(34)35/h4,6-11,14-16,28H,3,5,12-13H2,1-2H3.